The van der Waals surface area contributed by atoms with E-state index in [1.54, 1.807) is 7.11 Å². The first kappa shape index (κ1) is 10.2. The van der Waals surface area contributed by atoms with Crippen molar-refractivity contribution in [1.29, 1.82) is 0 Å². The van der Waals surface area contributed by atoms with Crippen molar-refractivity contribution < 1.29 is 4.74 Å². The quantitative estimate of drug-likeness (QED) is 0.717. The van der Waals surface area contributed by atoms with Gasteiger partial charge in [-0.05, 0) is 17.7 Å². The normalized spacial score (nSPS) is 12.6. The van der Waals surface area contributed by atoms with E-state index in [9.17, 15) is 0 Å². The Morgan fingerprint density at radius 1 is 0.941 bits per heavy atom. The van der Waals surface area contributed by atoms with E-state index < -0.39 is 0 Å². The summed E-state index contributed by atoms with van der Waals surface area (Å²) in [5.41, 5.74) is 4.12. The van der Waals surface area contributed by atoms with E-state index in [-0.39, 0.29) is 0 Å². The Kier molecular flexibility index (Phi) is 2.48. The summed E-state index contributed by atoms with van der Waals surface area (Å²) in [6, 6.07) is 16.7. The molecule has 0 spiro atoms. The van der Waals surface area contributed by atoms with Crippen molar-refractivity contribution in [3.8, 4) is 5.75 Å². The van der Waals surface area contributed by atoms with Crippen molar-refractivity contribution in [2.24, 2.45) is 0 Å². The van der Waals surface area contributed by atoms with Crippen LogP contribution in [0.2, 0.25) is 0 Å². The first-order valence-corrected chi connectivity index (χ1v) is 5.79. The molecular formula is C15H13BO. The summed E-state index contributed by atoms with van der Waals surface area (Å²) >= 11 is 0. The summed E-state index contributed by atoms with van der Waals surface area (Å²) in [5.74, 6) is 3.16. The number of ether oxygens (including phenoxy) is 1. The van der Waals surface area contributed by atoms with Crippen LogP contribution in [0, 0.1) is 0 Å². The Hall–Kier alpha value is -1.96. The van der Waals surface area contributed by atoms with Crippen LogP contribution in [0.4, 0.5) is 0 Å². The van der Waals surface area contributed by atoms with Crippen molar-refractivity contribution in [2.75, 3.05) is 7.11 Å². The van der Waals surface area contributed by atoms with Gasteiger partial charge in [-0.3, -0.25) is 0 Å². The molecule has 2 aromatic rings. The molecule has 1 nitrogen and oxygen atoms in total. The largest absolute Gasteiger partial charge is 0.497 e. The lowest BCUT2D eigenvalue weighted by Crippen LogP contribution is -1.98. The predicted octanol–water partition coefficient (Wildman–Crippen LogP) is 1.87. The molecule has 82 valence electrons. The third-order valence-corrected chi connectivity index (χ3v) is 3.18. The third kappa shape index (κ3) is 1.98. The highest BCUT2D eigenvalue weighted by Crippen LogP contribution is 2.13. The van der Waals surface area contributed by atoms with Crippen LogP contribution in [0.1, 0.15) is 5.56 Å². The minimum atomic E-state index is 0.534. The van der Waals surface area contributed by atoms with Gasteiger partial charge in [0.25, 0.3) is 0 Å². The topological polar surface area (TPSA) is 9.23 Å². The molecule has 0 aliphatic carbocycles. The number of hydrogen-bond donors (Lipinski definition) is 0. The second-order valence-corrected chi connectivity index (χ2v) is 4.24. The summed E-state index contributed by atoms with van der Waals surface area (Å²) in [5, 5.41) is 0. The summed E-state index contributed by atoms with van der Waals surface area (Å²) < 4.78 is 5.13. The Morgan fingerprint density at radius 3 is 2.18 bits per heavy atom. The van der Waals surface area contributed by atoms with Crippen LogP contribution in [-0.2, 0) is 0 Å². The van der Waals surface area contributed by atoms with E-state index in [1.807, 2.05) is 12.1 Å². The van der Waals surface area contributed by atoms with Gasteiger partial charge >= 0.3 is 0 Å². The molecule has 3 rings (SSSR count). The van der Waals surface area contributed by atoms with Crippen LogP contribution >= 0.6 is 0 Å². The number of benzene rings is 2. The van der Waals surface area contributed by atoms with Gasteiger partial charge in [0, 0.05) is 0 Å². The molecule has 17 heavy (non-hydrogen) atoms. The van der Waals surface area contributed by atoms with Gasteiger partial charge in [0.2, 0.25) is 6.71 Å². The third-order valence-electron chi connectivity index (χ3n) is 3.18. The van der Waals surface area contributed by atoms with Crippen molar-refractivity contribution in [3.63, 3.8) is 0 Å². The lowest BCUT2D eigenvalue weighted by molar-refractivity contribution is 0.415. The highest BCUT2D eigenvalue weighted by Gasteiger charge is 2.32. The molecule has 1 aliphatic heterocycles. The van der Waals surface area contributed by atoms with E-state index >= 15 is 0 Å². The second-order valence-electron chi connectivity index (χ2n) is 4.24. The molecule has 0 amide bonds. The lowest BCUT2D eigenvalue weighted by Gasteiger charge is -1.98. The van der Waals surface area contributed by atoms with Gasteiger partial charge in [0.15, 0.2) is 0 Å². The summed E-state index contributed by atoms with van der Waals surface area (Å²) in [7, 11) is 1.69. The van der Waals surface area contributed by atoms with E-state index in [2.05, 4.69) is 48.4 Å². The van der Waals surface area contributed by atoms with Crippen LogP contribution in [0.25, 0.3) is 6.08 Å². The van der Waals surface area contributed by atoms with Crippen LogP contribution in [0.3, 0.4) is 0 Å². The van der Waals surface area contributed by atoms with Gasteiger partial charge in [0.05, 0.1) is 7.11 Å². The minimum Gasteiger partial charge on any atom is -0.497 e. The molecule has 1 aliphatic rings. The average Bonchev–Trinajstić information content (AvgIpc) is 3.10. The monoisotopic (exact) mass is 220 g/mol. The van der Waals surface area contributed by atoms with E-state index in [0.29, 0.717) is 6.71 Å². The van der Waals surface area contributed by atoms with E-state index in [4.69, 9.17) is 4.74 Å². The molecule has 0 atom stereocenters. The SMILES string of the molecule is COc1ccc(/C=C/B2c3ccccc32)cc1. The Bertz CT molecular complexity index is 534. The highest BCUT2D eigenvalue weighted by atomic mass is 16.5. The standard InChI is InChI=1S/C15H13BO/c1-17-13-8-6-12(7-9-13)10-11-16-14-4-2-3-5-15(14)16/h2-11H,1H3/b11-10+. The Morgan fingerprint density at radius 2 is 1.59 bits per heavy atom. The first-order chi connectivity index (χ1) is 8.38. The zero-order valence-electron chi connectivity index (χ0n) is 9.76. The zero-order chi connectivity index (χ0) is 11.7. The van der Waals surface area contributed by atoms with E-state index in [1.165, 1.54) is 16.5 Å². The van der Waals surface area contributed by atoms with Crippen molar-refractivity contribution in [2.45, 2.75) is 0 Å². The maximum atomic E-state index is 5.13. The van der Waals surface area contributed by atoms with Crippen molar-refractivity contribution >= 4 is 23.7 Å². The van der Waals surface area contributed by atoms with Gasteiger partial charge in [-0.25, -0.2) is 0 Å². The zero-order valence-corrected chi connectivity index (χ0v) is 9.76. The summed E-state index contributed by atoms with van der Waals surface area (Å²) in [4.78, 5) is 0. The molecule has 0 N–H and O–H groups in total. The number of hydrogen-bond acceptors (Lipinski definition) is 1. The van der Waals surface area contributed by atoms with Crippen molar-refractivity contribution in [3.05, 3.63) is 60.1 Å². The van der Waals surface area contributed by atoms with Crippen LogP contribution in [0.5, 0.6) is 5.75 Å². The highest BCUT2D eigenvalue weighted by molar-refractivity contribution is 7.05. The number of methoxy groups -OCH3 is 1. The van der Waals surface area contributed by atoms with Crippen molar-refractivity contribution in [1.82, 2.24) is 0 Å². The predicted molar refractivity (Wildman–Crippen MR) is 73.5 cm³/mol. The van der Waals surface area contributed by atoms with Gasteiger partial charge in [0.1, 0.15) is 5.75 Å². The summed E-state index contributed by atoms with van der Waals surface area (Å²) in [6.07, 6.45) is 2.17. The number of rotatable bonds is 3. The van der Waals surface area contributed by atoms with Crippen LogP contribution < -0.4 is 15.7 Å². The maximum absolute atomic E-state index is 5.13. The van der Waals surface area contributed by atoms with Gasteiger partial charge in [-0.15, -0.1) is 5.98 Å². The molecule has 2 aromatic carbocycles. The lowest BCUT2D eigenvalue weighted by atomic mass is 9.64. The molecule has 1 heterocycles. The fraction of sp³-hybridized carbons (Fsp3) is 0.0667. The Labute approximate surface area is 102 Å². The fourth-order valence-electron chi connectivity index (χ4n) is 2.12. The molecular weight excluding hydrogens is 207 g/mol. The van der Waals surface area contributed by atoms with E-state index in [0.717, 1.165) is 5.75 Å². The molecule has 2 heteroatoms. The smallest absolute Gasteiger partial charge is 0.232 e. The van der Waals surface area contributed by atoms with Gasteiger partial charge < -0.3 is 4.74 Å². The molecule has 0 unspecified atom stereocenters. The molecule has 0 bridgehead atoms. The van der Waals surface area contributed by atoms with Gasteiger partial charge in [-0.1, -0.05) is 53.4 Å². The average molecular weight is 220 g/mol. The minimum absolute atomic E-state index is 0.534. The molecule has 0 saturated heterocycles. The molecule has 0 aromatic heterocycles. The van der Waals surface area contributed by atoms with Gasteiger partial charge in [-0.2, -0.15) is 0 Å². The summed E-state index contributed by atoms with van der Waals surface area (Å²) in [6.45, 7) is 0.534. The fourth-order valence-corrected chi connectivity index (χ4v) is 2.12. The second kappa shape index (κ2) is 4.13. The maximum Gasteiger partial charge on any atom is 0.232 e. The molecule has 0 fully saturated rings. The first-order valence-electron chi connectivity index (χ1n) is 5.79. The van der Waals surface area contributed by atoms with Crippen LogP contribution in [-0.4, -0.2) is 13.8 Å². The number of fused-ring (bicyclic) bond motifs is 1. The van der Waals surface area contributed by atoms with Crippen LogP contribution in [0.15, 0.2) is 54.5 Å². The molecule has 0 radical (unpaired) electrons. The Balaban J connectivity index is 1.72. The molecule has 0 saturated carbocycles.